The van der Waals surface area contributed by atoms with Gasteiger partial charge in [0.15, 0.2) is 0 Å². The van der Waals surface area contributed by atoms with Crippen LogP contribution in [0.3, 0.4) is 0 Å². The topological polar surface area (TPSA) is 44.7 Å². The number of halogens is 3. The summed E-state index contributed by atoms with van der Waals surface area (Å²) in [5, 5.41) is 3.96. The molecule has 0 bridgehead atoms. The number of likely N-dealkylation sites (tertiary alicyclic amines) is 1. The molecule has 0 aliphatic carbocycles. The SMILES string of the molecule is CN1CCC(C(=O)C(F)(F)F)/C1=N\Nc1ccccc1. The molecule has 0 amide bonds. The minimum Gasteiger partial charge on any atom is -0.361 e. The van der Waals surface area contributed by atoms with Crippen LogP contribution in [0.15, 0.2) is 35.4 Å². The molecule has 0 aromatic heterocycles. The summed E-state index contributed by atoms with van der Waals surface area (Å²) in [5.41, 5.74) is 3.33. The number of benzene rings is 1. The molecule has 1 atom stereocenters. The van der Waals surface area contributed by atoms with Crippen LogP contribution in [0.4, 0.5) is 18.9 Å². The fraction of sp³-hybridized carbons (Fsp3) is 0.385. The maximum Gasteiger partial charge on any atom is 0.450 e. The average Bonchev–Trinajstić information content (AvgIpc) is 2.77. The number of carbonyl (C=O) groups is 1. The summed E-state index contributed by atoms with van der Waals surface area (Å²) in [5.74, 6) is -2.84. The quantitative estimate of drug-likeness (QED) is 0.868. The van der Waals surface area contributed by atoms with Gasteiger partial charge in [-0.25, -0.2) is 0 Å². The second-order valence-corrected chi connectivity index (χ2v) is 4.57. The van der Waals surface area contributed by atoms with E-state index < -0.39 is 17.9 Å². The van der Waals surface area contributed by atoms with Gasteiger partial charge in [-0.2, -0.15) is 18.3 Å². The zero-order chi connectivity index (χ0) is 14.8. The van der Waals surface area contributed by atoms with Crippen LogP contribution in [-0.2, 0) is 4.79 Å². The lowest BCUT2D eigenvalue weighted by Crippen LogP contribution is -2.36. The Kier molecular flexibility index (Phi) is 3.96. The molecule has 20 heavy (non-hydrogen) atoms. The second-order valence-electron chi connectivity index (χ2n) is 4.57. The Labute approximate surface area is 114 Å². The van der Waals surface area contributed by atoms with Gasteiger partial charge in [0, 0.05) is 13.6 Å². The fourth-order valence-corrected chi connectivity index (χ4v) is 2.08. The summed E-state index contributed by atoms with van der Waals surface area (Å²) in [6.07, 6.45) is -4.70. The normalized spacial score (nSPS) is 21.3. The predicted molar refractivity (Wildman–Crippen MR) is 69.3 cm³/mol. The second kappa shape index (κ2) is 5.52. The molecule has 1 aliphatic rings. The molecule has 1 aliphatic heterocycles. The Balaban J connectivity index is 2.17. The molecular weight excluding hydrogens is 271 g/mol. The molecule has 0 saturated carbocycles. The van der Waals surface area contributed by atoms with E-state index in [9.17, 15) is 18.0 Å². The third kappa shape index (κ3) is 3.09. The zero-order valence-electron chi connectivity index (χ0n) is 10.8. The number of rotatable bonds is 3. The van der Waals surface area contributed by atoms with Crippen molar-refractivity contribution in [1.82, 2.24) is 4.90 Å². The molecule has 0 radical (unpaired) electrons. The van der Waals surface area contributed by atoms with E-state index >= 15 is 0 Å². The number of ketones is 1. The number of carbonyl (C=O) groups excluding carboxylic acids is 1. The maximum absolute atomic E-state index is 12.5. The number of Topliss-reactive ketones (excluding diaryl/α,β-unsaturated/α-hetero) is 1. The monoisotopic (exact) mass is 285 g/mol. The highest BCUT2D eigenvalue weighted by Gasteiger charge is 2.47. The van der Waals surface area contributed by atoms with E-state index in [1.165, 1.54) is 0 Å². The van der Waals surface area contributed by atoms with Crippen LogP contribution in [-0.4, -0.2) is 36.3 Å². The van der Waals surface area contributed by atoms with Crippen molar-refractivity contribution in [2.45, 2.75) is 12.6 Å². The summed E-state index contributed by atoms with van der Waals surface area (Å²) in [4.78, 5) is 12.9. The Bertz CT molecular complexity index is 513. The van der Waals surface area contributed by atoms with Crippen LogP contribution in [0.25, 0.3) is 0 Å². The zero-order valence-corrected chi connectivity index (χ0v) is 10.8. The third-order valence-electron chi connectivity index (χ3n) is 3.13. The van der Waals surface area contributed by atoms with Crippen molar-refractivity contribution in [3.8, 4) is 0 Å². The number of hydrogen-bond donors (Lipinski definition) is 1. The number of anilines is 1. The standard InChI is InChI=1S/C13H14F3N3O/c1-19-8-7-10(11(20)13(14,15)16)12(19)18-17-9-5-3-2-4-6-9/h2-6,10,17H,7-8H2,1H3/b18-12+. The van der Waals surface area contributed by atoms with Crippen LogP contribution >= 0.6 is 0 Å². The highest BCUT2D eigenvalue weighted by molar-refractivity contribution is 6.07. The highest BCUT2D eigenvalue weighted by Crippen LogP contribution is 2.28. The van der Waals surface area contributed by atoms with Crippen LogP contribution in [0.2, 0.25) is 0 Å². The van der Waals surface area contributed by atoms with Crippen molar-refractivity contribution >= 4 is 17.3 Å². The van der Waals surface area contributed by atoms with Crippen LogP contribution in [0.5, 0.6) is 0 Å². The van der Waals surface area contributed by atoms with Gasteiger partial charge >= 0.3 is 6.18 Å². The minimum absolute atomic E-state index is 0.121. The maximum atomic E-state index is 12.5. The average molecular weight is 285 g/mol. The lowest BCUT2D eigenvalue weighted by atomic mass is 10.0. The van der Waals surface area contributed by atoms with E-state index in [0.29, 0.717) is 12.2 Å². The molecule has 0 spiro atoms. The highest BCUT2D eigenvalue weighted by atomic mass is 19.4. The molecular formula is C13H14F3N3O. The molecule has 1 unspecified atom stereocenters. The van der Waals surface area contributed by atoms with Gasteiger partial charge in [-0.05, 0) is 18.6 Å². The molecule has 1 saturated heterocycles. The van der Waals surface area contributed by atoms with E-state index in [2.05, 4.69) is 10.5 Å². The van der Waals surface area contributed by atoms with Gasteiger partial charge in [0.25, 0.3) is 0 Å². The van der Waals surface area contributed by atoms with Gasteiger partial charge in [0.1, 0.15) is 5.84 Å². The number of nitrogens with zero attached hydrogens (tertiary/aromatic N) is 2. The number of hydrazone groups is 1. The molecule has 4 nitrogen and oxygen atoms in total. The van der Waals surface area contributed by atoms with Gasteiger partial charge in [-0.3, -0.25) is 10.2 Å². The van der Waals surface area contributed by atoms with Gasteiger partial charge < -0.3 is 4.90 Å². The molecule has 108 valence electrons. The lowest BCUT2D eigenvalue weighted by Gasteiger charge is -2.16. The first-order valence-electron chi connectivity index (χ1n) is 6.10. The van der Waals surface area contributed by atoms with Gasteiger partial charge in [0.05, 0.1) is 11.6 Å². The summed E-state index contributed by atoms with van der Waals surface area (Å²) in [6, 6.07) is 8.84. The van der Waals surface area contributed by atoms with Gasteiger partial charge in [-0.1, -0.05) is 18.2 Å². The van der Waals surface area contributed by atoms with Crippen molar-refractivity contribution in [3.63, 3.8) is 0 Å². The summed E-state index contributed by atoms with van der Waals surface area (Å²) in [7, 11) is 1.62. The number of para-hydroxylation sites is 1. The number of hydrogen-bond acceptors (Lipinski definition) is 3. The van der Waals surface area contributed by atoms with Crippen molar-refractivity contribution in [2.24, 2.45) is 11.0 Å². The fourth-order valence-electron chi connectivity index (χ4n) is 2.08. The Morgan fingerprint density at radius 2 is 2.00 bits per heavy atom. The molecule has 7 heteroatoms. The first-order valence-corrected chi connectivity index (χ1v) is 6.10. The molecule has 1 aromatic rings. The number of amidine groups is 1. The largest absolute Gasteiger partial charge is 0.450 e. The van der Waals surface area contributed by atoms with Crippen LogP contribution in [0, 0.1) is 5.92 Å². The van der Waals surface area contributed by atoms with Crippen molar-refractivity contribution in [2.75, 3.05) is 19.0 Å². The van der Waals surface area contributed by atoms with Crippen molar-refractivity contribution in [1.29, 1.82) is 0 Å². The summed E-state index contributed by atoms with van der Waals surface area (Å²) < 4.78 is 37.6. The van der Waals surface area contributed by atoms with E-state index in [1.54, 1.807) is 36.2 Å². The smallest absolute Gasteiger partial charge is 0.361 e. The van der Waals surface area contributed by atoms with Gasteiger partial charge in [0.2, 0.25) is 5.78 Å². The Morgan fingerprint density at radius 3 is 2.60 bits per heavy atom. The summed E-state index contributed by atoms with van der Waals surface area (Å²) in [6.45, 7) is 0.377. The first-order chi connectivity index (χ1) is 9.39. The lowest BCUT2D eigenvalue weighted by molar-refractivity contribution is -0.173. The Hall–Kier alpha value is -2.05. The van der Waals surface area contributed by atoms with Crippen molar-refractivity contribution in [3.05, 3.63) is 30.3 Å². The van der Waals surface area contributed by atoms with Gasteiger partial charge in [-0.15, -0.1) is 0 Å². The molecule has 1 aromatic carbocycles. The van der Waals surface area contributed by atoms with Crippen molar-refractivity contribution < 1.29 is 18.0 Å². The van der Waals surface area contributed by atoms with Crippen LogP contribution in [0.1, 0.15) is 6.42 Å². The molecule has 2 rings (SSSR count). The van der Waals surface area contributed by atoms with Crippen LogP contribution < -0.4 is 5.43 Å². The molecule has 1 heterocycles. The first kappa shape index (κ1) is 14.4. The number of nitrogens with one attached hydrogen (secondary N) is 1. The van der Waals surface area contributed by atoms with E-state index in [1.807, 2.05) is 6.07 Å². The molecule has 1 fully saturated rings. The van der Waals surface area contributed by atoms with E-state index in [0.717, 1.165) is 0 Å². The van der Waals surface area contributed by atoms with E-state index in [-0.39, 0.29) is 12.3 Å². The number of alkyl halides is 3. The predicted octanol–water partition coefficient (Wildman–Crippen LogP) is 2.50. The summed E-state index contributed by atoms with van der Waals surface area (Å²) >= 11 is 0. The third-order valence-corrected chi connectivity index (χ3v) is 3.13. The minimum atomic E-state index is -4.83. The molecule has 1 N–H and O–H groups in total. The van der Waals surface area contributed by atoms with E-state index in [4.69, 9.17) is 0 Å². The Morgan fingerprint density at radius 1 is 1.35 bits per heavy atom.